The third-order valence-corrected chi connectivity index (χ3v) is 2.35. The summed E-state index contributed by atoms with van der Waals surface area (Å²) in [7, 11) is 0. The van der Waals surface area contributed by atoms with E-state index in [1.165, 1.54) is 0 Å². The molecule has 4 nitrogen and oxygen atoms in total. The first-order valence-electron chi connectivity index (χ1n) is 5.21. The van der Waals surface area contributed by atoms with Gasteiger partial charge in [-0.2, -0.15) is 0 Å². The van der Waals surface area contributed by atoms with Crippen LogP contribution in [0.2, 0.25) is 0 Å². The summed E-state index contributed by atoms with van der Waals surface area (Å²) in [6.45, 7) is 8.46. The smallest absolute Gasteiger partial charge is 0.276 e. The molecule has 2 aromatic rings. The Labute approximate surface area is 88.7 Å². The molecular weight excluding hydrogens is 190 g/mol. The minimum Gasteiger partial charge on any atom is -0.334 e. The van der Waals surface area contributed by atoms with E-state index in [9.17, 15) is 0 Å². The SMILES string of the molecule is CC(C)c1nc2cnoc2nc1C(C)C. The Balaban J connectivity index is 2.68. The van der Waals surface area contributed by atoms with Crippen LogP contribution in [0.3, 0.4) is 0 Å². The second-order valence-corrected chi connectivity index (χ2v) is 4.32. The van der Waals surface area contributed by atoms with Gasteiger partial charge in [-0.1, -0.05) is 32.9 Å². The van der Waals surface area contributed by atoms with Crippen molar-refractivity contribution in [2.75, 3.05) is 0 Å². The molecular formula is C11H15N3O. The zero-order chi connectivity index (χ0) is 11.0. The number of aromatic nitrogens is 3. The lowest BCUT2D eigenvalue weighted by Gasteiger charge is -2.12. The van der Waals surface area contributed by atoms with Crippen LogP contribution in [0.5, 0.6) is 0 Å². The molecule has 0 atom stereocenters. The fraction of sp³-hybridized carbons (Fsp3) is 0.545. The van der Waals surface area contributed by atoms with Crippen LogP contribution in [0.1, 0.15) is 50.9 Å². The standard InChI is InChI=1S/C11H15N3O/c1-6(2)9-10(7(3)4)14-11-8(13-9)5-12-15-11/h5-7H,1-4H3. The van der Waals surface area contributed by atoms with E-state index in [4.69, 9.17) is 4.52 Å². The van der Waals surface area contributed by atoms with Crippen LogP contribution in [0.25, 0.3) is 11.2 Å². The van der Waals surface area contributed by atoms with Crippen LogP contribution >= 0.6 is 0 Å². The number of nitrogens with zero attached hydrogens (tertiary/aromatic N) is 3. The fourth-order valence-corrected chi connectivity index (χ4v) is 1.59. The molecule has 0 radical (unpaired) electrons. The van der Waals surface area contributed by atoms with Crippen molar-refractivity contribution in [2.45, 2.75) is 39.5 Å². The van der Waals surface area contributed by atoms with Crippen molar-refractivity contribution >= 4 is 11.2 Å². The lowest BCUT2D eigenvalue weighted by Crippen LogP contribution is -2.04. The molecule has 0 aliphatic heterocycles. The third-order valence-electron chi connectivity index (χ3n) is 2.35. The summed E-state index contributed by atoms with van der Waals surface area (Å²) in [6.07, 6.45) is 1.61. The molecule has 2 rings (SSSR count). The van der Waals surface area contributed by atoms with Crippen molar-refractivity contribution in [2.24, 2.45) is 0 Å². The van der Waals surface area contributed by atoms with E-state index in [0.717, 1.165) is 16.9 Å². The predicted molar refractivity (Wildman–Crippen MR) is 57.8 cm³/mol. The van der Waals surface area contributed by atoms with Crippen LogP contribution < -0.4 is 0 Å². The van der Waals surface area contributed by atoms with Gasteiger partial charge in [0.25, 0.3) is 5.71 Å². The molecule has 0 bridgehead atoms. The maximum Gasteiger partial charge on any atom is 0.276 e. The Morgan fingerprint density at radius 1 is 1.00 bits per heavy atom. The van der Waals surface area contributed by atoms with Crippen molar-refractivity contribution in [3.63, 3.8) is 0 Å². The first-order valence-corrected chi connectivity index (χ1v) is 5.21. The lowest BCUT2D eigenvalue weighted by molar-refractivity contribution is 0.447. The highest BCUT2D eigenvalue weighted by Gasteiger charge is 2.16. The topological polar surface area (TPSA) is 51.8 Å². The molecule has 0 saturated heterocycles. The molecule has 0 amide bonds. The van der Waals surface area contributed by atoms with Crippen molar-refractivity contribution in [1.82, 2.24) is 15.1 Å². The van der Waals surface area contributed by atoms with E-state index in [0.29, 0.717) is 17.5 Å². The summed E-state index contributed by atoms with van der Waals surface area (Å²) in [4.78, 5) is 9.00. The number of hydrogen-bond donors (Lipinski definition) is 0. The lowest BCUT2D eigenvalue weighted by atomic mass is 10.0. The summed E-state index contributed by atoms with van der Waals surface area (Å²) in [5, 5.41) is 3.70. The van der Waals surface area contributed by atoms with Gasteiger partial charge in [0, 0.05) is 0 Å². The van der Waals surface area contributed by atoms with Gasteiger partial charge in [-0.3, -0.25) is 0 Å². The Kier molecular flexibility index (Phi) is 2.42. The quantitative estimate of drug-likeness (QED) is 0.756. The van der Waals surface area contributed by atoms with Crippen molar-refractivity contribution in [1.29, 1.82) is 0 Å². The highest BCUT2D eigenvalue weighted by Crippen LogP contribution is 2.24. The monoisotopic (exact) mass is 205 g/mol. The molecule has 0 fully saturated rings. The van der Waals surface area contributed by atoms with Gasteiger partial charge in [0.05, 0.1) is 17.6 Å². The zero-order valence-electron chi connectivity index (χ0n) is 9.48. The van der Waals surface area contributed by atoms with Gasteiger partial charge in [0.2, 0.25) is 0 Å². The van der Waals surface area contributed by atoms with E-state index in [-0.39, 0.29) is 0 Å². The summed E-state index contributed by atoms with van der Waals surface area (Å²) >= 11 is 0. The maximum absolute atomic E-state index is 5.02. The minimum atomic E-state index is 0.351. The average Bonchev–Trinajstić information content (AvgIpc) is 2.61. The Bertz CT molecular complexity index is 432. The minimum absolute atomic E-state index is 0.351. The maximum atomic E-state index is 5.02. The second-order valence-electron chi connectivity index (χ2n) is 4.32. The Morgan fingerprint density at radius 3 is 2.20 bits per heavy atom. The normalized spacial score (nSPS) is 11.9. The van der Waals surface area contributed by atoms with E-state index in [1.807, 2.05) is 0 Å². The highest BCUT2D eigenvalue weighted by molar-refractivity contribution is 5.66. The second kappa shape index (κ2) is 3.61. The van der Waals surface area contributed by atoms with E-state index in [1.54, 1.807) is 6.20 Å². The summed E-state index contributed by atoms with van der Waals surface area (Å²) < 4.78 is 5.02. The molecule has 0 aliphatic carbocycles. The molecule has 15 heavy (non-hydrogen) atoms. The first-order chi connectivity index (χ1) is 7.09. The Morgan fingerprint density at radius 2 is 1.60 bits per heavy atom. The van der Waals surface area contributed by atoms with E-state index >= 15 is 0 Å². The molecule has 0 unspecified atom stereocenters. The highest BCUT2D eigenvalue weighted by atomic mass is 16.5. The van der Waals surface area contributed by atoms with Gasteiger partial charge >= 0.3 is 0 Å². The van der Waals surface area contributed by atoms with Crippen molar-refractivity contribution < 1.29 is 4.52 Å². The summed E-state index contributed by atoms with van der Waals surface area (Å²) in [6, 6.07) is 0. The molecule has 2 heterocycles. The van der Waals surface area contributed by atoms with Gasteiger partial charge in [-0.25, -0.2) is 9.97 Å². The van der Waals surface area contributed by atoms with Crippen LogP contribution in [-0.4, -0.2) is 15.1 Å². The van der Waals surface area contributed by atoms with Gasteiger partial charge in [0.1, 0.15) is 0 Å². The number of rotatable bonds is 2. The first kappa shape index (κ1) is 10.1. The van der Waals surface area contributed by atoms with Gasteiger partial charge < -0.3 is 4.52 Å². The average molecular weight is 205 g/mol. The van der Waals surface area contributed by atoms with Gasteiger partial charge in [-0.05, 0) is 11.8 Å². The van der Waals surface area contributed by atoms with Crippen LogP contribution in [-0.2, 0) is 0 Å². The van der Waals surface area contributed by atoms with E-state index < -0.39 is 0 Å². The third kappa shape index (κ3) is 1.71. The van der Waals surface area contributed by atoms with Crippen LogP contribution in [0.4, 0.5) is 0 Å². The largest absolute Gasteiger partial charge is 0.334 e. The molecule has 80 valence electrons. The molecule has 0 N–H and O–H groups in total. The molecule has 0 aliphatic rings. The fourth-order valence-electron chi connectivity index (χ4n) is 1.59. The molecule has 0 saturated carbocycles. The van der Waals surface area contributed by atoms with Gasteiger partial charge in [0.15, 0.2) is 5.52 Å². The number of fused-ring (bicyclic) bond motifs is 1. The van der Waals surface area contributed by atoms with Crippen molar-refractivity contribution in [3.05, 3.63) is 17.6 Å². The summed E-state index contributed by atoms with van der Waals surface area (Å²) in [5.41, 5.74) is 3.32. The van der Waals surface area contributed by atoms with Crippen LogP contribution in [0.15, 0.2) is 10.7 Å². The molecule has 4 heteroatoms. The number of hydrogen-bond acceptors (Lipinski definition) is 4. The molecule has 2 aromatic heterocycles. The molecule has 0 spiro atoms. The predicted octanol–water partition coefficient (Wildman–Crippen LogP) is 2.86. The molecule has 0 aromatic carbocycles. The van der Waals surface area contributed by atoms with Crippen LogP contribution in [0, 0.1) is 0 Å². The Hall–Kier alpha value is -1.45. The van der Waals surface area contributed by atoms with E-state index in [2.05, 4.69) is 42.8 Å². The van der Waals surface area contributed by atoms with Gasteiger partial charge in [-0.15, -0.1) is 0 Å². The zero-order valence-corrected chi connectivity index (χ0v) is 9.48. The summed E-state index contributed by atoms with van der Waals surface area (Å²) in [5.74, 6) is 0.721. The van der Waals surface area contributed by atoms with Crippen molar-refractivity contribution in [3.8, 4) is 0 Å².